The van der Waals surface area contributed by atoms with Crippen LogP contribution in [0.5, 0.6) is 0 Å². The van der Waals surface area contributed by atoms with Gasteiger partial charge in [0.15, 0.2) is 0 Å². The van der Waals surface area contributed by atoms with Crippen LogP contribution in [0.2, 0.25) is 0 Å². The summed E-state index contributed by atoms with van der Waals surface area (Å²) in [5, 5.41) is 0. The van der Waals surface area contributed by atoms with Crippen molar-refractivity contribution < 1.29 is 4.79 Å². The summed E-state index contributed by atoms with van der Waals surface area (Å²) in [7, 11) is 0. The number of benzene rings is 1. The first-order valence-corrected chi connectivity index (χ1v) is 6.57. The van der Waals surface area contributed by atoms with Crippen LogP contribution >= 0.6 is 38.5 Å². The van der Waals surface area contributed by atoms with Gasteiger partial charge >= 0.3 is 0 Å². The monoisotopic (exact) mass is 380 g/mol. The smallest absolute Gasteiger partial charge is 0.228 e. The number of hydrogen-bond acceptors (Lipinski definition) is 2. The summed E-state index contributed by atoms with van der Waals surface area (Å²) in [6, 6.07) is 5.74. The van der Waals surface area contributed by atoms with Crippen LogP contribution in [0.4, 0.5) is 11.4 Å². The fraction of sp³-hybridized carbons (Fsp3) is 0.300. The molecule has 0 saturated carbocycles. The number of nitrogen functional groups attached to an aromatic ring is 1. The standard InChI is InChI=1S/C10H10BrIN2O/c11-6-3-10(15)14(5-6)9-2-1-7(12)4-8(9)13/h1-2,4,6H,3,5,13H2. The highest BCUT2D eigenvalue weighted by atomic mass is 127. The van der Waals surface area contributed by atoms with Gasteiger partial charge in [0.05, 0.1) is 11.4 Å². The number of nitrogens with zero attached hydrogens (tertiary/aromatic N) is 1. The number of nitrogens with two attached hydrogens (primary N) is 1. The molecule has 3 nitrogen and oxygen atoms in total. The van der Waals surface area contributed by atoms with Crippen molar-refractivity contribution in [1.82, 2.24) is 0 Å². The second-order valence-electron chi connectivity index (χ2n) is 3.51. The number of alkyl halides is 1. The molecule has 0 aliphatic carbocycles. The van der Waals surface area contributed by atoms with Crippen molar-refractivity contribution in [3.05, 3.63) is 21.8 Å². The summed E-state index contributed by atoms with van der Waals surface area (Å²) in [5.41, 5.74) is 7.38. The highest BCUT2D eigenvalue weighted by Crippen LogP contribution is 2.30. The number of carbonyl (C=O) groups is 1. The number of amides is 1. The number of anilines is 2. The molecule has 0 bridgehead atoms. The molecular formula is C10H10BrIN2O. The molecule has 80 valence electrons. The fourth-order valence-corrected chi connectivity index (χ4v) is 2.75. The highest BCUT2D eigenvalue weighted by Gasteiger charge is 2.29. The van der Waals surface area contributed by atoms with Gasteiger partial charge in [-0.15, -0.1) is 0 Å². The van der Waals surface area contributed by atoms with E-state index in [9.17, 15) is 4.79 Å². The van der Waals surface area contributed by atoms with E-state index in [1.807, 2.05) is 18.2 Å². The molecule has 1 aliphatic heterocycles. The molecule has 1 aromatic rings. The maximum Gasteiger partial charge on any atom is 0.228 e. The van der Waals surface area contributed by atoms with Crippen molar-refractivity contribution in [2.24, 2.45) is 0 Å². The van der Waals surface area contributed by atoms with Crippen molar-refractivity contribution in [3.8, 4) is 0 Å². The molecule has 0 radical (unpaired) electrons. The Hall–Kier alpha value is -0.300. The van der Waals surface area contributed by atoms with E-state index in [0.29, 0.717) is 18.7 Å². The second-order valence-corrected chi connectivity index (χ2v) is 6.05. The molecule has 2 rings (SSSR count). The molecular weight excluding hydrogens is 371 g/mol. The van der Waals surface area contributed by atoms with Crippen LogP contribution in [-0.4, -0.2) is 17.3 Å². The minimum absolute atomic E-state index is 0.129. The number of rotatable bonds is 1. The quantitative estimate of drug-likeness (QED) is 0.462. The van der Waals surface area contributed by atoms with Crippen LogP contribution in [0, 0.1) is 3.57 Å². The van der Waals surface area contributed by atoms with Gasteiger partial charge in [0.2, 0.25) is 5.91 Å². The lowest BCUT2D eigenvalue weighted by Gasteiger charge is -2.18. The van der Waals surface area contributed by atoms with E-state index < -0.39 is 0 Å². The van der Waals surface area contributed by atoms with Gasteiger partial charge in [-0.1, -0.05) is 15.9 Å². The Morgan fingerprint density at radius 2 is 2.27 bits per heavy atom. The van der Waals surface area contributed by atoms with Crippen molar-refractivity contribution >= 4 is 55.8 Å². The molecule has 1 heterocycles. The van der Waals surface area contributed by atoms with Crippen molar-refractivity contribution in [3.63, 3.8) is 0 Å². The summed E-state index contributed by atoms with van der Waals surface area (Å²) >= 11 is 5.65. The van der Waals surface area contributed by atoms with Gasteiger partial charge in [-0.05, 0) is 40.8 Å². The normalized spacial score (nSPS) is 21.1. The zero-order valence-corrected chi connectivity index (χ0v) is 11.7. The third-order valence-electron chi connectivity index (χ3n) is 2.36. The number of hydrogen-bond donors (Lipinski definition) is 1. The lowest BCUT2D eigenvalue weighted by molar-refractivity contribution is -0.117. The minimum Gasteiger partial charge on any atom is -0.397 e. The molecule has 1 aliphatic rings. The van der Waals surface area contributed by atoms with Gasteiger partial charge in [0.1, 0.15) is 0 Å². The summed E-state index contributed by atoms with van der Waals surface area (Å²) in [4.78, 5) is 13.6. The maximum absolute atomic E-state index is 11.7. The Labute approximate surface area is 110 Å². The summed E-state index contributed by atoms with van der Waals surface area (Å²) in [6.45, 7) is 0.698. The topological polar surface area (TPSA) is 46.3 Å². The van der Waals surface area contributed by atoms with E-state index in [0.717, 1.165) is 9.26 Å². The van der Waals surface area contributed by atoms with E-state index in [1.165, 1.54) is 0 Å². The highest BCUT2D eigenvalue weighted by molar-refractivity contribution is 14.1. The third kappa shape index (κ3) is 2.28. The molecule has 1 unspecified atom stereocenters. The Kier molecular flexibility index (Phi) is 3.20. The van der Waals surface area contributed by atoms with Crippen LogP contribution in [0.25, 0.3) is 0 Å². The van der Waals surface area contributed by atoms with Crippen molar-refractivity contribution in [2.75, 3.05) is 17.2 Å². The van der Waals surface area contributed by atoms with Crippen molar-refractivity contribution in [2.45, 2.75) is 11.2 Å². The number of carbonyl (C=O) groups excluding carboxylic acids is 1. The Morgan fingerprint density at radius 3 is 2.80 bits per heavy atom. The molecule has 0 spiro atoms. The fourth-order valence-electron chi connectivity index (χ4n) is 1.67. The summed E-state index contributed by atoms with van der Waals surface area (Å²) in [5.74, 6) is 0.129. The van der Waals surface area contributed by atoms with E-state index >= 15 is 0 Å². The summed E-state index contributed by atoms with van der Waals surface area (Å²) < 4.78 is 1.08. The molecule has 5 heteroatoms. The largest absolute Gasteiger partial charge is 0.397 e. The first-order valence-electron chi connectivity index (χ1n) is 4.57. The molecule has 1 atom stereocenters. The van der Waals surface area contributed by atoms with E-state index in [1.54, 1.807) is 4.90 Å². The second kappa shape index (κ2) is 4.29. The maximum atomic E-state index is 11.7. The Balaban J connectivity index is 2.34. The average Bonchev–Trinajstić information content (AvgIpc) is 2.45. The van der Waals surface area contributed by atoms with Gasteiger partial charge in [-0.3, -0.25) is 4.79 Å². The van der Waals surface area contributed by atoms with E-state index in [2.05, 4.69) is 38.5 Å². The zero-order chi connectivity index (χ0) is 11.0. The van der Waals surface area contributed by atoms with Gasteiger partial charge in [0, 0.05) is 21.4 Å². The molecule has 15 heavy (non-hydrogen) atoms. The Bertz CT molecular complexity index is 410. The van der Waals surface area contributed by atoms with Gasteiger partial charge in [-0.2, -0.15) is 0 Å². The molecule has 0 aromatic heterocycles. The lowest BCUT2D eigenvalue weighted by Crippen LogP contribution is -2.25. The summed E-state index contributed by atoms with van der Waals surface area (Å²) in [6.07, 6.45) is 0.547. The van der Waals surface area contributed by atoms with Crippen LogP contribution in [-0.2, 0) is 4.79 Å². The predicted octanol–water partition coefficient (Wildman–Crippen LogP) is 2.37. The SMILES string of the molecule is Nc1cc(I)ccc1N1CC(Br)CC1=O. The van der Waals surface area contributed by atoms with Gasteiger partial charge in [0.25, 0.3) is 0 Å². The van der Waals surface area contributed by atoms with E-state index in [-0.39, 0.29) is 10.7 Å². The molecule has 2 N–H and O–H groups in total. The van der Waals surface area contributed by atoms with Crippen LogP contribution < -0.4 is 10.6 Å². The number of halogens is 2. The molecule has 1 fully saturated rings. The third-order valence-corrected chi connectivity index (χ3v) is 3.64. The first kappa shape index (κ1) is 11.2. The zero-order valence-electron chi connectivity index (χ0n) is 7.91. The lowest BCUT2D eigenvalue weighted by atomic mass is 10.2. The van der Waals surface area contributed by atoms with Gasteiger partial charge in [-0.25, -0.2) is 0 Å². The van der Waals surface area contributed by atoms with E-state index in [4.69, 9.17) is 5.73 Å². The Morgan fingerprint density at radius 1 is 1.53 bits per heavy atom. The molecule has 1 amide bonds. The first-order chi connectivity index (χ1) is 7.08. The predicted molar refractivity (Wildman–Crippen MR) is 73.3 cm³/mol. The van der Waals surface area contributed by atoms with Crippen LogP contribution in [0.1, 0.15) is 6.42 Å². The minimum atomic E-state index is 0.129. The van der Waals surface area contributed by atoms with Crippen LogP contribution in [0.15, 0.2) is 18.2 Å². The van der Waals surface area contributed by atoms with Crippen molar-refractivity contribution in [1.29, 1.82) is 0 Å². The van der Waals surface area contributed by atoms with Gasteiger partial charge < -0.3 is 10.6 Å². The molecule has 1 saturated heterocycles. The average molecular weight is 381 g/mol. The van der Waals surface area contributed by atoms with Crippen LogP contribution in [0.3, 0.4) is 0 Å². The molecule has 1 aromatic carbocycles.